The fourth-order valence-corrected chi connectivity index (χ4v) is 3.96. The molecular weight excluding hydrogens is 459 g/mol. The second-order valence-corrected chi connectivity index (χ2v) is 9.06. The number of likely N-dealkylation sites (tertiary alicyclic amines) is 1. The largest absolute Gasteiger partial charge is 0.444 e. The van der Waals surface area contributed by atoms with Gasteiger partial charge in [0.15, 0.2) is 11.7 Å². The number of benzene rings is 1. The maximum atomic E-state index is 13.5. The summed E-state index contributed by atoms with van der Waals surface area (Å²) in [6, 6.07) is 3.42. The van der Waals surface area contributed by atoms with E-state index in [2.05, 4.69) is 21.2 Å². The summed E-state index contributed by atoms with van der Waals surface area (Å²) in [5.41, 5.74) is -0.0395. The average Bonchev–Trinajstić information content (AvgIpc) is 2.58. The lowest BCUT2D eigenvalue weighted by Crippen LogP contribution is -2.50. The molecule has 1 aliphatic rings. The highest BCUT2D eigenvalue weighted by Gasteiger charge is 2.44. The summed E-state index contributed by atoms with van der Waals surface area (Å²) in [5, 5.41) is 2.62. The number of hydrogen-bond donors (Lipinski definition) is 1. The lowest BCUT2D eigenvalue weighted by atomic mass is 9.85. The molecule has 9 heteroatoms. The van der Waals surface area contributed by atoms with E-state index in [1.165, 1.54) is 30.0 Å². The van der Waals surface area contributed by atoms with E-state index >= 15 is 0 Å². The van der Waals surface area contributed by atoms with Crippen molar-refractivity contribution in [3.8, 4) is 0 Å². The lowest BCUT2D eigenvalue weighted by Gasteiger charge is -2.38. The minimum atomic E-state index is -1.32. The fraction of sp³-hybridized carbons (Fsp3) is 0.524. The molecule has 0 saturated carbocycles. The Balaban J connectivity index is 2.15. The number of rotatable bonds is 6. The molecule has 0 aromatic heterocycles. The molecule has 1 fully saturated rings. The number of nitrogens with one attached hydrogen (secondary N) is 1. The van der Waals surface area contributed by atoms with Gasteiger partial charge in [0.1, 0.15) is 17.2 Å². The van der Waals surface area contributed by atoms with E-state index in [9.17, 15) is 23.6 Å². The van der Waals surface area contributed by atoms with Crippen LogP contribution in [-0.2, 0) is 19.1 Å². The molecule has 0 aliphatic carbocycles. The third kappa shape index (κ3) is 6.10. The van der Waals surface area contributed by atoms with E-state index in [-0.39, 0.29) is 19.5 Å². The van der Waals surface area contributed by atoms with Gasteiger partial charge in [0.05, 0.1) is 6.04 Å². The number of carbonyl (C=O) groups is 4. The molecule has 2 rings (SSSR count). The summed E-state index contributed by atoms with van der Waals surface area (Å²) in [6.45, 7) is 6.93. The van der Waals surface area contributed by atoms with Gasteiger partial charge >= 0.3 is 6.09 Å². The highest BCUT2D eigenvalue weighted by atomic mass is 79.9. The van der Waals surface area contributed by atoms with Crippen LogP contribution in [-0.4, -0.2) is 47.2 Å². The van der Waals surface area contributed by atoms with E-state index in [1.54, 1.807) is 20.8 Å². The van der Waals surface area contributed by atoms with Crippen molar-refractivity contribution in [2.45, 2.75) is 52.2 Å². The number of ketones is 2. The zero-order valence-electron chi connectivity index (χ0n) is 17.5. The smallest absolute Gasteiger partial charge is 0.407 e. The first-order valence-electron chi connectivity index (χ1n) is 9.66. The van der Waals surface area contributed by atoms with Gasteiger partial charge in [0.2, 0.25) is 5.91 Å². The van der Waals surface area contributed by atoms with Crippen molar-refractivity contribution in [3.63, 3.8) is 0 Å². The van der Waals surface area contributed by atoms with Crippen molar-refractivity contribution in [1.82, 2.24) is 10.2 Å². The molecule has 0 spiro atoms. The Bertz CT molecular complexity index is 852. The van der Waals surface area contributed by atoms with Gasteiger partial charge in [-0.25, -0.2) is 9.18 Å². The zero-order chi connectivity index (χ0) is 22.6. The second-order valence-electron chi connectivity index (χ2n) is 8.21. The predicted octanol–water partition coefficient (Wildman–Crippen LogP) is 3.55. The van der Waals surface area contributed by atoms with Crippen LogP contribution >= 0.6 is 15.9 Å². The molecule has 2 amide bonds. The number of piperidine rings is 1. The van der Waals surface area contributed by atoms with Crippen molar-refractivity contribution in [1.29, 1.82) is 0 Å². The van der Waals surface area contributed by atoms with E-state index in [1.807, 2.05) is 0 Å². The van der Waals surface area contributed by atoms with Gasteiger partial charge in [-0.05, 0) is 51.8 Å². The molecule has 1 saturated heterocycles. The van der Waals surface area contributed by atoms with Gasteiger partial charge < -0.3 is 15.0 Å². The number of hydrogen-bond acceptors (Lipinski definition) is 5. The first-order chi connectivity index (χ1) is 13.9. The van der Waals surface area contributed by atoms with Crippen LogP contribution in [0.2, 0.25) is 0 Å². The van der Waals surface area contributed by atoms with Gasteiger partial charge in [-0.2, -0.15) is 0 Å². The minimum absolute atomic E-state index is 0.0420. The van der Waals surface area contributed by atoms with Crippen LogP contribution in [0.1, 0.15) is 52.1 Å². The van der Waals surface area contributed by atoms with Crippen molar-refractivity contribution >= 4 is 39.5 Å². The third-order valence-corrected chi connectivity index (χ3v) is 5.28. The van der Waals surface area contributed by atoms with Crippen LogP contribution in [0.4, 0.5) is 9.18 Å². The highest BCUT2D eigenvalue weighted by molar-refractivity contribution is 9.10. The van der Waals surface area contributed by atoms with Crippen LogP contribution in [0.25, 0.3) is 0 Å². The maximum absolute atomic E-state index is 13.5. The molecular formula is C21H26BrFN2O5. The van der Waals surface area contributed by atoms with E-state index in [0.29, 0.717) is 16.5 Å². The Morgan fingerprint density at radius 2 is 1.97 bits per heavy atom. The van der Waals surface area contributed by atoms with Crippen LogP contribution in [0.5, 0.6) is 0 Å². The number of carbonyl (C=O) groups excluding carboxylic acids is 4. The molecule has 30 heavy (non-hydrogen) atoms. The van der Waals surface area contributed by atoms with Crippen LogP contribution in [0.15, 0.2) is 22.7 Å². The normalized spacial score (nSPS) is 19.6. The Kier molecular flexibility index (Phi) is 7.74. The van der Waals surface area contributed by atoms with Crippen LogP contribution in [0.3, 0.4) is 0 Å². The first kappa shape index (κ1) is 24.0. The second kappa shape index (κ2) is 9.68. The molecule has 2 atom stereocenters. The fourth-order valence-electron chi connectivity index (χ4n) is 3.35. The SMILES string of the molecule is CC(=O)C1C(=O)C[C@H](c2ccc(F)cc2Br)N(CCCNC(=O)OC(C)(C)C)C1=O. The number of nitrogens with zero attached hydrogens (tertiary/aromatic N) is 1. The highest BCUT2D eigenvalue weighted by Crippen LogP contribution is 2.36. The Morgan fingerprint density at radius 3 is 2.53 bits per heavy atom. The van der Waals surface area contributed by atoms with Gasteiger partial charge in [0.25, 0.3) is 0 Å². The quantitative estimate of drug-likeness (QED) is 0.492. The molecule has 1 aliphatic heterocycles. The van der Waals surface area contributed by atoms with Gasteiger partial charge in [-0.15, -0.1) is 0 Å². The lowest BCUT2D eigenvalue weighted by molar-refractivity contribution is -0.152. The average molecular weight is 485 g/mol. The summed E-state index contributed by atoms with van der Waals surface area (Å²) >= 11 is 3.29. The van der Waals surface area contributed by atoms with Crippen LogP contribution < -0.4 is 5.32 Å². The van der Waals surface area contributed by atoms with Crippen molar-refractivity contribution < 1.29 is 28.3 Å². The van der Waals surface area contributed by atoms with E-state index in [0.717, 1.165) is 0 Å². The first-order valence-corrected chi connectivity index (χ1v) is 10.5. The Hall–Kier alpha value is -2.29. The maximum Gasteiger partial charge on any atom is 0.407 e. The summed E-state index contributed by atoms with van der Waals surface area (Å²) in [6.07, 6.45) is -0.221. The number of halogens is 2. The summed E-state index contributed by atoms with van der Waals surface area (Å²) in [7, 11) is 0. The molecule has 1 N–H and O–H groups in total. The van der Waals surface area contributed by atoms with Gasteiger partial charge in [-0.1, -0.05) is 22.0 Å². The Labute approximate surface area is 183 Å². The molecule has 0 bridgehead atoms. The molecule has 0 radical (unpaired) electrons. The van der Waals surface area contributed by atoms with Crippen molar-refractivity contribution in [2.24, 2.45) is 5.92 Å². The zero-order valence-corrected chi connectivity index (χ0v) is 19.0. The number of amides is 2. The molecule has 1 heterocycles. The van der Waals surface area contributed by atoms with Crippen LogP contribution in [0, 0.1) is 11.7 Å². The van der Waals surface area contributed by atoms with Crippen molar-refractivity contribution in [2.75, 3.05) is 13.1 Å². The predicted molar refractivity (Wildman–Crippen MR) is 111 cm³/mol. The summed E-state index contributed by atoms with van der Waals surface area (Å²) in [4.78, 5) is 50.5. The summed E-state index contributed by atoms with van der Waals surface area (Å²) < 4.78 is 19.1. The van der Waals surface area contributed by atoms with E-state index < -0.39 is 46.9 Å². The molecule has 1 aromatic carbocycles. The molecule has 1 aromatic rings. The standard InChI is InChI=1S/C21H26BrFN2O5/c1-12(26)18-17(27)11-16(14-7-6-13(23)10-15(14)22)25(19(18)28)9-5-8-24-20(29)30-21(2,3)4/h6-7,10,16,18H,5,8-9,11H2,1-4H3,(H,24,29)/t16-,18?/m1/s1. The summed E-state index contributed by atoms with van der Waals surface area (Å²) in [5.74, 6) is -3.29. The molecule has 7 nitrogen and oxygen atoms in total. The van der Waals surface area contributed by atoms with Gasteiger partial charge in [0, 0.05) is 24.0 Å². The molecule has 1 unspecified atom stereocenters. The number of Topliss-reactive ketones (excluding diaryl/α,β-unsaturated/α-hetero) is 2. The monoisotopic (exact) mass is 484 g/mol. The number of ether oxygens (including phenoxy) is 1. The molecule has 164 valence electrons. The topological polar surface area (TPSA) is 92.8 Å². The van der Waals surface area contributed by atoms with Gasteiger partial charge in [-0.3, -0.25) is 14.4 Å². The van der Waals surface area contributed by atoms with E-state index in [4.69, 9.17) is 4.74 Å². The third-order valence-electron chi connectivity index (χ3n) is 4.59. The number of alkyl carbamates (subject to hydrolysis) is 1. The minimum Gasteiger partial charge on any atom is -0.444 e. The van der Waals surface area contributed by atoms with Crippen molar-refractivity contribution in [3.05, 3.63) is 34.1 Å². The Morgan fingerprint density at radius 1 is 1.30 bits per heavy atom.